The Morgan fingerprint density at radius 3 is 1.91 bits per heavy atom. The molecule has 3 atom stereocenters. The highest BCUT2D eigenvalue weighted by atomic mass is 35.5. The first-order chi connectivity index (χ1) is 4.46. The van der Waals surface area contributed by atoms with Crippen molar-refractivity contribution in [1.82, 2.24) is 0 Å². The summed E-state index contributed by atoms with van der Waals surface area (Å²) in [5.74, 6) is -1.48. The monoisotopic (exact) mass is 183 g/mol. The maximum absolute atomic E-state index is 10.2. The Kier molecular flexibility index (Phi) is 6.46. The molecule has 0 rings (SSSR count). The third-order valence-corrected chi connectivity index (χ3v) is 1.61. The molecule has 0 radical (unpaired) electrons. The van der Waals surface area contributed by atoms with Crippen molar-refractivity contribution in [2.45, 2.75) is 26.0 Å². The van der Waals surface area contributed by atoms with Crippen LogP contribution in [0.3, 0.4) is 0 Å². The van der Waals surface area contributed by atoms with E-state index in [-0.39, 0.29) is 12.4 Å². The molecule has 3 unspecified atom stereocenters. The van der Waals surface area contributed by atoms with Gasteiger partial charge in [-0.15, -0.1) is 12.4 Å². The summed E-state index contributed by atoms with van der Waals surface area (Å²) in [5, 5.41) is 17.3. The van der Waals surface area contributed by atoms with Gasteiger partial charge in [-0.1, -0.05) is 6.92 Å². The van der Waals surface area contributed by atoms with Crippen molar-refractivity contribution in [2.75, 3.05) is 0 Å². The van der Waals surface area contributed by atoms with Crippen molar-refractivity contribution >= 4 is 18.4 Å². The third-order valence-electron chi connectivity index (χ3n) is 1.61. The number of halogens is 1. The number of carboxylic acid groups (broad SMARTS) is 1. The topological polar surface area (TPSA) is 83.5 Å². The molecule has 0 aliphatic carbocycles. The van der Waals surface area contributed by atoms with Crippen LogP contribution in [0.1, 0.15) is 13.8 Å². The predicted molar refractivity (Wildman–Crippen MR) is 43.7 cm³/mol. The van der Waals surface area contributed by atoms with Crippen LogP contribution in [-0.4, -0.2) is 28.3 Å². The van der Waals surface area contributed by atoms with Gasteiger partial charge in [0.25, 0.3) is 0 Å². The Morgan fingerprint density at radius 2 is 1.82 bits per heavy atom. The average Bonchev–Trinajstić information content (AvgIpc) is 1.84. The van der Waals surface area contributed by atoms with Crippen LogP contribution in [-0.2, 0) is 4.79 Å². The van der Waals surface area contributed by atoms with Crippen molar-refractivity contribution in [1.29, 1.82) is 0 Å². The minimum atomic E-state index is -1.08. The standard InChI is InChI=1S/C6H13NO3.ClH/c1-3(4(2)8)5(7)6(9)10;/h3-5,8H,7H2,1-2H3,(H,9,10);1H. The van der Waals surface area contributed by atoms with E-state index in [1.807, 2.05) is 0 Å². The number of aliphatic hydroxyl groups excluding tert-OH is 1. The van der Waals surface area contributed by atoms with Gasteiger partial charge >= 0.3 is 5.97 Å². The minimum absolute atomic E-state index is 0. The second kappa shape index (κ2) is 5.35. The van der Waals surface area contributed by atoms with Crippen molar-refractivity contribution in [3.63, 3.8) is 0 Å². The van der Waals surface area contributed by atoms with Crippen LogP contribution in [0.4, 0.5) is 0 Å². The van der Waals surface area contributed by atoms with Crippen LogP contribution in [0.2, 0.25) is 0 Å². The van der Waals surface area contributed by atoms with Crippen LogP contribution in [0.15, 0.2) is 0 Å². The van der Waals surface area contributed by atoms with Gasteiger partial charge in [0.2, 0.25) is 0 Å². The highest BCUT2D eigenvalue weighted by Gasteiger charge is 2.23. The smallest absolute Gasteiger partial charge is 0.320 e. The maximum Gasteiger partial charge on any atom is 0.320 e. The van der Waals surface area contributed by atoms with Crippen LogP contribution >= 0.6 is 12.4 Å². The molecule has 0 saturated carbocycles. The molecule has 0 aliphatic rings. The van der Waals surface area contributed by atoms with Crippen LogP contribution < -0.4 is 5.73 Å². The molecule has 5 heteroatoms. The number of hydrogen-bond donors (Lipinski definition) is 3. The molecule has 0 aromatic rings. The van der Waals surface area contributed by atoms with Gasteiger partial charge in [0.15, 0.2) is 0 Å². The number of aliphatic carboxylic acids is 1. The minimum Gasteiger partial charge on any atom is -0.480 e. The first kappa shape index (κ1) is 13.3. The number of aliphatic hydroxyl groups is 1. The normalized spacial score (nSPS) is 17.8. The van der Waals surface area contributed by atoms with Gasteiger partial charge in [0, 0.05) is 5.92 Å². The van der Waals surface area contributed by atoms with E-state index in [1.165, 1.54) is 6.92 Å². The molecule has 11 heavy (non-hydrogen) atoms. The van der Waals surface area contributed by atoms with E-state index in [1.54, 1.807) is 6.92 Å². The van der Waals surface area contributed by atoms with Crippen LogP contribution in [0.25, 0.3) is 0 Å². The summed E-state index contributed by atoms with van der Waals surface area (Å²) in [6, 6.07) is -0.972. The van der Waals surface area contributed by atoms with E-state index in [2.05, 4.69) is 0 Å². The summed E-state index contributed by atoms with van der Waals surface area (Å²) < 4.78 is 0. The molecule has 0 spiro atoms. The predicted octanol–water partition coefficient (Wildman–Crippen LogP) is -0.163. The molecule has 68 valence electrons. The largest absolute Gasteiger partial charge is 0.480 e. The number of carboxylic acids is 1. The number of carbonyl (C=O) groups is 1. The molecule has 0 aromatic carbocycles. The number of nitrogens with two attached hydrogens (primary N) is 1. The zero-order valence-corrected chi connectivity index (χ0v) is 7.34. The lowest BCUT2D eigenvalue weighted by Gasteiger charge is -2.17. The molecular weight excluding hydrogens is 170 g/mol. The first-order valence-corrected chi connectivity index (χ1v) is 3.13. The highest BCUT2D eigenvalue weighted by molar-refractivity contribution is 5.85. The second-order valence-corrected chi connectivity index (χ2v) is 2.46. The fourth-order valence-corrected chi connectivity index (χ4v) is 0.525. The lowest BCUT2D eigenvalue weighted by molar-refractivity contribution is -0.140. The Hall–Kier alpha value is -0.320. The van der Waals surface area contributed by atoms with E-state index in [9.17, 15) is 4.79 Å². The molecule has 0 heterocycles. The lowest BCUT2D eigenvalue weighted by atomic mass is 9.98. The molecule has 0 aromatic heterocycles. The van der Waals surface area contributed by atoms with Crippen molar-refractivity contribution < 1.29 is 15.0 Å². The molecular formula is C6H14ClNO3. The summed E-state index contributed by atoms with van der Waals surface area (Å²) in [7, 11) is 0. The summed E-state index contributed by atoms with van der Waals surface area (Å²) in [4.78, 5) is 10.2. The van der Waals surface area contributed by atoms with E-state index in [0.717, 1.165) is 0 Å². The Bertz CT molecular complexity index is 129. The van der Waals surface area contributed by atoms with E-state index < -0.39 is 24.0 Å². The number of rotatable bonds is 3. The van der Waals surface area contributed by atoms with Gasteiger partial charge in [-0.3, -0.25) is 4.79 Å². The van der Waals surface area contributed by atoms with Gasteiger partial charge in [0.1, 0.15) is 6.04 Å². The zero-order chi connectivity index (χ0) is 8.31. The fraction of sp³-hybridized carbons (Fsp3) is 0.833. The second-order valence-electron chi connectivity index (χ2n) is 2.46. The van der Waals surface area contributed by atoms with Crippen molar-refractivity contribution in [3.05, 3.63) is 0 Å². The molecule has 0 bridgehead atoms. The fourth-order valence-electron chi connectivity index (χ4n) is 0.525. The number of hydrogen-bond acceptors (Lipinski definition) is 3. The summed E-state index contributed by atoms with van der Waals surface area (Å²) in [5.41, 5.74) is 5.20. The van der Waals surface area contributed by atoms with Gasteiger partial charge < -0.3 is 15.9 Å². The zero-order valence-electron chi connectivity index (χ0n) is 6.52. The van der Waals surface area contributed by atoms with Gasteiger partial charge in [0.05, 0.1) is 6.10 Å². The van der Waals surface area contributed by atoms with Crippen LogP contribution in [0, 0.1) is 5.92 Å². The van der Waals surface area contributed by atoms with E-state index >= 15 is 0 Å². The van der Waals surface area contributed by atoms with Gasteiger partial charge in [-0.05, 0) is 6.92 Å². The molecule has 0 saturated heterocycles. The van der Waals surface area contributed by atoms with E-state index in [0.29, 0.717) is 0 Å². The van der Waals surface area contributed by atoms with Gasteiger partial charge in [-0.25, -0.2) is 0 Å². The Balaban J connectivity index is 0. The quantitative estimate of drug-likeness (QED) is 0.568. The lowest BCUT2D eigenvalue weighted by Crippen LogP contribution is -2.41. The van der Waals surface area contributed by atoms with Crippen LogP contribution in [0.5, 0.6) is 0 Å². The van der Waals surface area contributed by atoms with Crippen molar-refractivity contribution in [2.24, 2.45) is 11.7 Å². The molecule has 4 N–H and O–H groups in total. The van der Waals surface area contributed by atoms with E-state index in [4.69, 9.17) is 15.9 Å². The maximum atomic E-state index is 10.2. The molecule has 4 nitrogen and oxygen atoms in total. The first-order valence-electron chi connectivity index (χ1n) is 3.13. The Labute approximate surface area is 71.8 Å². The van der Waals surface area contributed by atoms with Gasteiger partial charge in [-0.2, -0.15) is 0 Å². The third kappa shape index (κ3) is 4.19. The SMILES string of the molecule is CC(O)C(C)C(N)C(=O)O.Cl. The summed E-state index contributed by atoms with van der Waals surface area (Å²) >= 11 is 0. The highest BCUT2D eigenvalue weighted by Crippen LogP contribution is 2.05. The summed E-state index contributed by atoms with van der Waals surface area (Å²) in [6.07, 6.45) is -0.675. The summed E-state index contributed by atoms with van der Waals surface area (Å²) in [6.45, 7) is 3.12. The Morgan fingerprint density at radius 1 is 1.45 bits per heavy atom. The molecule has 0 fully saturated rings. The van der Waals surface area contributed by atoms with Crippen molar-refractivity contribution in [3.8, 4) is 0 Å². The molecule has 0 amide bonds. The average molecular weight is 184 g/mol. The molecule has 0 aliphatic heterocycles.